The maximum Gasteiger partial charge on any atom is 0.138 e. The van der Waals surface area contributed by atoms with Gasteiger partial charge in [0.2, 0.25) is 0 Å². The van der Waals surface area contributed by atoms with Crippen LogP contribution in [0.1, 0.15) is 24.1 Å². The van der Waals surface area contributed by atoms with E-state index in [1.165, 1.54) is 62.5 Å². The van der Waals surface area contributed by atoms with Gasteiger partial charge in [-0.1, -0.05) is 84.9 Å². The first kappa shape index (κ1) is 21.5. The van der Waals surface area contributed by atoms with Crippen molar-refractivity contribution in [2.24, 2.45) is 0 Å². The SMILES string of the molecule is c1ccc(-c2cccc(-n3c4ccccc4c4ccc5c6c(n(-c7ccccc7)c5c43)CCCC6)n2)cc1. The summed E-state index contributed by atoms with van der Waals surface area (Å²) < 4.78 is 4.94. The van der Waals surface area contributed by atoms with Gasteiger partial charge in [0.1, 0.15) is 5.82 Å². The Bertz CT molecular complexity index is 1960. The van der Waals surface area contributed by atoms with Gasteiger partial charge in [-0.25, -0.2) is 4.98 Å². The van der Waals surface area contributed by atoms with E-state index in [0.29, 0.717) is 0 Å². The summed E-state index contributed by atoms with van der Waals surface area (Å²) >= 11 is 0. The zero-order valence-electron chi connectivity index (χ0n) is 21.1. The molecule has 0 radical (unpaired) electrons. The summed E-state index contributed by atoms with van der Waals surface area (Å²) in [4.78, 5) is 5.23. The van der Waals surface area contributed by atoms with Gasteiger partial charge in [-0.3, -0.25) is 4.57 Å². The lowest BCUT2D eigenvalue weighted by molar-refractivity contribution is 0.667. The second-order valence-corrected chi connectivity index (χ2v) is 10.3. The van der Waals surface area contributed by atoms with Gasteiger partial charge >= 0.3 is 0 Å². The van der Waals surface area contributed by atoms with Crippen LogP contribution in [0.3, 0.4) is 0 Å². The van der Waals surface area contributed by atoms with E-state index in [0.717, 1.165) is 29.9 Å². The van der Waals surface area contributed by atoms with Crippen molar-refractivity contribution in [1.82, 2.24) is 14.1 Å². The van der Waals surface area contributed by atoms with E-state index >= 15 is 0 Å². The average molecular weight is 490 g/mol. The largest absolute Gasteiger partial charge is 0.311 e. The molecule has 0 saturated carbocycles. The van der Waals surface area contributed by atoms with Gasteiger partial charge in [-0.2, -0.15) is 0 Å². The molecule has 3 heterocycles. The molecule has 0 spiro atoms. The molecule has 8 rings (SSSR count). The summed E-state index contributed by atoms with van der Waals surface area (Å²) in [7, 11) is 0. The first-order valence-corrected chi connectivity index (χ1v) is 13.5. The fraction of sp³-hybridized carbons (Fsp3) is 0.114. The fourth-order valence-corrected chi connectivity index (χ4v) is 6.49. The number of rotatable bonds is 3. The van der Waals surface area contributed by atoms with Gasteiger partial charge < -0.3 is 4.57 Å². The lowest BCUT2D eigenvalue weighted by Crippen LogP contribution is -2.07. The summed E-state index contributed by atoms with van der Waals surface area (Å²) in [5.41, 5.74) is 10.0. The van der Waals surface area contributed by atoms with Crippen molar-refractivity contribution in [3.8, 4) is 22.8 Å². The fourth-order valence-electron chi connectivity index (χ4n) is 6.49. The minimum atomic E-state index is 0.948. The topological polar surface area (TPSA) is 22.8 Å². The predicted octanol–water partition coefficient (Wildman–Crippen LogP) is 8.67. The maximum atomic E-state index is 5.23. The highest BCUT2D eigenvalue weighted by Crippen LogP contribution is 2.42. The molecule has 1 aliphatic rings. The highest BCUT2D eigenvalue weighted by molar-refractivity contribution is 6.18. The molecule has 0 N–H and O–H groups in total. The molecule has 7 aromatic rings. The molecular weight excluding hydrogens is 462 g/mol. The summed E-state index contributed by atoms with van der Waals surface area (Å²) in [5, 5.41) is 3.90. The van der Waals surface area contributed by atoms with Crippen molar-refractivity contribution in [3.05, 3.63) is 127 Å². The van der Waals surface area contributed by atoms with Crippen LogP contribution in [-0.4, -0.2) is 14.1 Å². The van der Waals surface area contributed by atoms with E-state index in [9.17, 15) is 0 Å². The molecule has 0 fully saturated rings. The molecule has 3 heteroatoms. The minimum absolute atomic E-state index is 0.948. The number of hydrogen-bond donors (Lipinski definition) is 0. The van der Waals surface area contributed by atoms with E-state index in [1.54, 1.807) is 0 Å². The Morgan fingerprint density at radius 3 is 2.11 bits per heavy atom. The summed E-state index contributed by atoms with van der Waals surface area (Å²) in [5.74, 6) is 0.948. The van der Waals surface area contributed by atoms with E-state index in [-0.39, 0.29) is 0 Å². The molecule has 0 unspecified atom stereocenters. The highest BCUT2D eigenvalue weighted by atomic mass is 15.1. The number of benzene rings is 4. The third kappa shape index (κ3) is 3.12. The Balaban J connectivity index is 1.54. The van der Waals surface area contributed by atoms with Crippen LogP contribution < -0.4 is 0 Å². The first-order valence-electron chi connectivity index (χ1n) is 13.5. The smallest absolute Gasteiger partial charge is 0.138 e. The maximum absolute atomic E-state index is 5.23. The molecule has 0 aliphatic heterocycles. The van der Waals surface area contributed by atoms with Gasteiger partial charge in [0.15, 0.2) is 0 Å². The van der Waals surface area contributed by atoms with Gasteiger partial charge in [0, 0.05) is 33.1 Å². The predicted molar refractivity (Wildman–Crippen MR) is 157 cm³/mol. The molecular formula is C35H27N3. The van der Waals surface area contributed by atoms with Crippen LogP contribution in [0.5, 0.6) is 0 Å². The number of pyridine rings is 1. The molecule has 182 valence electrons. The molecule has 0 bridgehead atoms. The lowest BCUT2D eigenvalue weighted by atomic mass is 9.95. The second-order valence-electron chi connectivity index (χ2n) is 10.3. The van der Waals surface area contributed by atoms with Crippen molar-refractivity contribution in [2.45, 2.75) is 25.7 Å². The van der Waals surface area contributed by atoms with Crippen LogP contribution in [-0.2, 0) is 12.8 Å². The third-order valence-corrected chi connectivity index (χ3v) is 8.11. The van der Waals surface area contributed by atoms with Crippen LogP contribution in [0.25, 0.3) is 55.5 Å². The van der Waals surface area contributed by atoms with Gasteiger partial charge in [0.05, 0.1) is 22.2 Å². The average Bonchev–Trinajstić information content (AvgIpc) is 3.51. The number of aryl methyl sites for hydroxylation is 1. The number of nitrogens with zero attached hydrogens (tertiary/aromatic N) is 3. The monoisotopic (exact) mass is 489 g/mol. The Labute approximate surface area is 221 Å². The molecule has 3 aromatic heterocycles. The summed E-state index contributed by atoms with van der Waals surface area (Å²) in [6, 6.07) is 41.2. The quantitative estimate of drug-likeness (QED) is 0.243. The Kier molecular flexibility index (Phi) is 4.78. The second kappa shape index (κ2) is 8.46. The molecule has 0 saturated heterocycles. The molecule has 0 amide bonds. The van der Waals surface area contributed by atoms with Crippen LogP contribution in [0.15, 0.2) is 115 Å². The molecule has 38 heavy (non-hydrogen) atoms. The molecule has 0 atom stereocenters. The molecule has 4 aromatic carbocycles. The van der Waals surface area contributed by atoms with Crippen molar-refractivity contribution in [1.29, 1.82) is 0 Å². The number of hydrogen-bond acceptors (Lipinski definition) is 1. The van der Waals surface area contributed by atoms with Crippen molar-refractivity contribution in [2.75, 3.05) is 0 Å². The van der Waals surface area contributed by atoms with Crippen LogP contribution in [0.4, 0.5) is 0 Å². The zero-order valence-corrected chi connectivity index (χ0v) is 21.1. The van der Waals surface area contributed by atoms with Gasteiger partial charge in [-0.15, -0.1) is 0 Å². The van der Waals surface area contributed by atoms with Crippen LogP contribution >= 0.6 is 0 Å². The van der Waals surface area contributed by atoms with Crippen LogP contribution in [0, 0.1) is 0 Å². The highest BCUT2D eigenvalue weighted by Gasteiger charge is 2.25. The van der Waals surface area contributed by atoms with Crippen molar-refractivity contribution < 1.29 is 0 Å². The minimum Gasteiger partial charge on any atom is -0.311 e. The van der Waals surface area contributed by atoms with E-state index < -0.39 is 0 Å². The van der Waals surface area contributed by atoms with Crippen LogP contribution in [0.2, 0.25) is 0 Å². The number of para-hydroxylation sites is 2. The Morgan fingerprint density at radius 1 is 0.526 bits per heavy atom. The van der Waals surface area contributed by atoms with E-state index in [1.807, 2.05) is 0 Å². The van der Waals surface area contributed by atoms with Crippen molar-refractivity contribution >= 4 is 32.7 Å². The lowest BCUT2D eigenvalue weighted by Gasteiger charge is -2.16. The normalized spacial score (nSPS) is 13.4. The number of aromatic nitrogens is 3. The Hall–Kier alpha value is -4.63. The van der Waals surface area contributed by atoms with Crippen molar-refractivity contribution in [3.63, 3.8) is 0 Å². The molecule has 3 nitrogen and oxygen atoms in total. The van der Waals surface area contributed by atoms with E-state index in [2.05, 4.69) is 124 Å². The zero-order chi connectivity index (χ0) is 25.1. The molecule has 1 aliphatic carbocycles. The standard InChI is InChI=1S/C35H27N3/c1-3-12-24(13-4-1)30-18-11-21-33(36-30)38-32-20-10-8-17-27(32)29-23-22-28-26-16-7-9-19-31(26)37(34(28)35(29)38)25-14-5-2-6-15-25/h1-6,8,10-15,17-18,20-23H,7,9,16,19H2. The summed E-state index contributed by atoms with van der Waals surface area (Å²) in [6.45, 7) is 0. The Morgan fingerprint density at radius 2 is 1.24 bits per heavy atom. The van der Waals surface area contributed by atoms with E-state index in [4.69, 9.17) is 4.98 Å². The first-order chi connectivity index (χ1) is 18.9. The third-order valence-electron chi connectivity index (χ3n) is 8.11. The van der Waals surface area contributed by atoms with Gasteiger partial charge in [-0.05, 0) is 61.6 Å². The summed E-state index contributed by atoms with van der Waals surface area (Å²) in [6.07, 6.45) is 4.74. The van der Waals surface area contributed by atoms with Gasteiger partial charge in [0.25, 0.3) is 0 Å². The number of fused-ring (bicyclic) bond motifs is 7.